The van der Waals surface area contributed by atoms with Crippen LogP contribution in [-0.2, 0) is 0 Å². The fourth-order valence-electron chi connectivity index (χ4n) is 3.97. The predicted octanol–water partition coefficient (Wildman–Crippen LogP) is 3.35. The van der Waals surface area contributed by atoms with Crippen molar-refractivity contribution in [3.8, 4) is 5.75 Å². The Morgan fingerprint density at radius 3 is 2.00 bits per heavy atom. The van der Waals surface area contributed by atoms with E-state index in [4.69, 9.17) is 4.74 Å². The normalized spacial score (nSPS) is 29.4. The Balaban J connectivity index is 2.19. The fraction of sp³-hybridized carbons (Fsp3) is 0.579. The van der Waals surface area contributed by atoms with E-state index >= 15 is 0 Å². The molecule has 0 aliphatic heterocycles. The summed E-state index contributed by atoms with van der Waals surface area (Å²) in [5.41, 5.74) is 0.783. The molecular weight excluding hydrogens is 244 g/mol. The maximum Gasteiger partial charge on any atom is 0.119 e. The van der Waals surface area contributed by atoms with Crippen molar-refractivity contribution in [2.75, 3.05) is 7.11 Å². The predicted molar refractivity (Wildman–Crippen MR) is 85.0 cm³/mol. The topological polar surface area (TPSA) is 9.23 Å². The van der Waals surface area contributed by atoms with Gasteiger partial charge in [0, 0.05) is 0 Å². The molecular formula is C19H26O. The smallest absolute Gasteiger partial charge is 0.119 e. The van der Waals surface area contributed by atoms with Crippen molar-refractivity contribution in [2.24, 2.45) is 22.7 Å². The quantitative estimate of drug-likeness (QED) is 0.760. The van der Waals surface area contributed by atoms with E-state index in [9.17, 15) is 0 Å². The largest absolute Gasteiger partial charge is 0.497 e. The number of fused-ring (bicyclic) bond motifs is 2. The Morgan fingerprint density at radius 1 is 0.900 bits per heavy atom. The molecule has 1 nitrogen and oxygen atoms in total. The minimum atomic E-state index is 0.386. The van der Waals surface area contributed by atoms with E-state index < -0.39 is 0 Å². The lowest BCUT2D eigenvalue weighted by Gasteiger charge is -2.51. The van der Waals surface area contributed by atoms with Crippen LogP contribution < -0.4 is 15.2 Å². The molecule has 1 aromatic rings. The van der Waals surface area contributed by atoms with Gasteiger partial charge in [0.15, 0.2) is 0 Å². The van der Waals surface area contributed by atoms with Gasteiger partial charge in [-0.05, 0) is 58.1 Å². The first-order chi connectivity index (χ1) is 9.33. The van der Waals surface area contributed by atoms with Gasteiger partial charge in [-0.15, -0.1) is 0 Å². The second-order valence-corrected chi connectivity index (χ2v) is 7.86. The third-order valence-corrected chi connectivity index (χ3v) is 5.62. The monoisotopic (exact) mass is 270 g/mol. The van der Waals surface area contributed by atoms with Crippen molar-refractivity contribution >= 4 is 12.2 Å². The Morgan fingerprint density at radius 2 is 1.45 bits per heavy atom. The Hall–Kier alpha value is -1.24. The Bertz CT molecular complexity index is 636. The highest BCUT2D eigenvalue weighted by atomic mass is 16.5. The van der Waals surface area contributed by atoms with Crippen molar-refractivity contribution in [1.82, 2.24) is 0 Å². The van der Waals surface area contributed by atoms with Crippen LogP contribution in [0.5, 0.6) is 5.75 Å². The van der Waals surface area contributed by atoms with E-state index in [-0.39, 0.29) is 0 Å². The Labute approximate surface area is 122 Å². The summed E-state index contributed by atoms with van der Waals surface area (Å²) in [4.78, 5) is 0. The summed E-state index contributed by atoms with van der Waals surface area (Å²) in [5, 5.41) is 2.72. The van der Waals surface area contributed by atoms with E-state index in [1.54, 1.807) is 7.11 Å². The number of methoxy groups -OCH3 is 1. The van der Waals surface area contributed by atoms with Crippen molar-refractivity contribution in [2.45, 2.75) is 40.5 Å². The molecule has 2 aliphatic carbocycles. The van der Waals surface area contributed by atoms with Crippen LogP contribution in [0.3, 0.4) is 0 Å². The Kier molecular flexibility index (Phi) is 3.00. The summed E-state index contributed by atoms with van der Waals surface area (Å²) >= 11 is 0. The van der Waals surface area contributed by atoms with Crippen molar-refractivity contribution in [3.63, 3.8) is 0 Å². The average molecular weight is 270 g/mol. The number of ether oxygens (including phenoxy) is 1. The van der Waals surface area contributed by atoms with Crippen LogP contribution in [0.15, 0.2) is 18.2 Å². The SMILES string of the molecule is COc1ccc2c(c1)=CC1C(C=2)C(C)(C)CCC1(C)C. The molecule has 1 heteroatoms. The van der Waals surface area contributed by atoms with E-state index in [1.807, 2.05) is 0 Å². The van der Waals surface area contributed by atoms with Gasteiger partial charge in [0.1, 0.15) is 5.75 Å². The maximum atomic E-state index is 5.38. The molecule has 2 aliphatic rings. The van der Waals surface area contributed by atoms with Gasteiger partial charge in [-0.25, -0.2) is 0 Å². The summed E-state index contributed by atoms with van der Waals surface area (Å²) in [6, 6.07) is 6.46. The summed E-state index contributed by atoms with van der Waals surface area (Å²) in [7, 11) is 1.74. The number of hydrogen-bond donors (Lipinski definition) is 0. The van der Waals surface area contributed by atoms with E-state index in [0.29, 0.717) is 22.7 Å². The molecule has 2 unspecified atom stereocenters. The molecule has 20 heavy (non-hydrogen) atoms. The molecule has 1 saturated carbocycles. The van der Waals surface area contributed by atoms with Crippen LogP contribution in [0.4, 0.5) is 0 Å². The van der Waals surface area contributed by atoms with E-state index in [0.717, 1.165) is 5.75 Å². The first-order valence-corrected chi connectivity index (χ1v) is 7.71. The van der Waals surface area contributed by atoms with Gasteiger partial charge in [-0.3, -0.25) is 0 Å². The third kappa shape index (κ3) is 2.08. The summed E-state index contributed by atoms with van der Waals surface area (Å²) in [5.74, 6) is 2.23. The van der Waals surface area contributed by atoms with Crippen LogP contribution in [0, 0.1) is 22.7 Å². The molecule has 1 fully saturated rings. The van der Waals surface area contributed by atoms with Gasteiger partial charge >= 0.3 is 0 Å². The van der Waals surface area contributed by atoms with Crippen molar-refractivity contribution in [3.05, 3.63) is 28.6 Å². The maximum absolute atomic E-state index is 5.38. The van der Waals surface area contributed by atoms with E-state index in [2.05, 4.69) is 58.0 Å². The van der Waals surface area contributed by atoms with Gasteiger partial charge in [-0.2, -0.15) is 0 Å². The molecule has 2 atom stereocenters. The van der Waals surface area contributed by atoms with Gasteiger partial charge in [-0.1, -0.05) is 45.9 Å². The highest BCUT2D eigenvalue weighted by Crippen LogP contribution is 2.54. The van der Waals surface area contributed by atoms with Crippen LogP contribution in [0.1, 0.15) is 40.5 Å². The first-order valence-electron chi connectivity index (χ1n) is 7.71. The molecule has 0 heterocycles. The lowest BCUT2D eigenvalue weighted by atomic mass is 9.53. The second kappa shape index (κ2) is 4.38. The van der Waals surface area contributed by atoms with Crippen LogP contribution in [0.2, 0.25) is 0 Å². The zero-order valence-corrected chi connectivity index (χ0v) is 13.4. The highest BCUT2D eigenvalue weighted by Gasteiger charge is 2.46. The lowest BCUT2D eigenvalue weighted by molar-refractivity contribution is 0.0504. The number of benzene rings is 1. The summed E-state index contributed by atoms with van der Waals surface area (Å²) < 4.78 is 5.38. The molecule has 108 valence electrons. The molecule has 3 rings (SSSR count). The zero-order valence-electron chi connectivity index (χ0n) is 13.4. The van der Waals surface area contributed by atoms with Crippen LogP contribution in [-0.4, -0.2) is 7.11 Å². The van der Waals surface area contributed by atoms with Crippen molar-refractivity contribution in [1.29, 1.82) is 0 Å². The average Bonchev–Trinajstić information content (AvgIpc) is 2.42. The van der Waals surface area contributed by atoms with Crippen LogP contribution >= 0.6 is 0 Å². The highest BCUT2D eigenvalue weighted by molar-refractivity contribution is 5.48. The number of rotatable bonds is 1. The second-order valence-electron chi connectivity index (χ2n) is 7.86. The number of hydrogen-bond acceptors (Lipinski definition) is 1. The fourth-order valence-corrected chi connectivity index (χ4v) is 3.97. The molecule has 0 bridgehead atoms. The zero-order chi connectivity index (χ0) is 14.5. The van der Waals surface area contributed by atoms with Crippen molar-refractivity contribution < 1.29 is 4.74 Å². The molecule has 0 radical (unpaired) electrons. The van der Waals surface area contributed by atoms with Gasteiger partial charge in [0.2, 0.25) is 0 Å². The molecule has 0 spiro atoms. The minimum Gasteiger partial charge on any atom is -0.497 e. The molecule has 0 saturated heterocycles. The van der Waals surface area contributed by atoms with Gasteiger partial charge < -0.3 is 4.74 Å². The van der Waals surface area contributed by atoms with Gasteiger partial charge in [0.05, 0.1) is 7.11 Å². The molecule has 1 aromatic carbocycles. The van der Waals surface area contributed by atoms with Crippen LogP contribution in [0.25, 0.3) is 12.2 Å². The van der Waals surface area contributed by atoms with Gasteiger partial charge in [0.25, 0.3) is 0 Å². The molecule has 0 aromatic heterocycles. The minimum absolute atomic E-state index is 0.386. The molecule has 0 N–H and O–H groups in total. The third-order valence-electron chi connectivity index (χ3n) is 5.62. The lowest BCUT2D eigenvalue weighted by Crippen LogP contribution is -2.47. The summed E-state index contributed by atoms with van der Waals surface area (Å²) in [6.45, 7) is 9.71. The molecule has 0 amide bonds. The summed E-state index contributed by atoms with van der Waals surface area (Å²) in [6.07, 6.45) is 7.64. The van der Waals surface area contributed by atoms with E-state index in [1.165, 1.54) is 23.3 Å². The first kappa shape index (κ1) is 13.7. The standard InChI is InChI=1S/C19H26O/c1-18(2)8-9-19(3,4)17-12-14-10-15(20-5)7-6-13(14)11-16(17)18/h6-7,10-12,16-17H,8-9H2,1-5H3.